The lowest BCUT2D eigenvalue weighted by Gasteiger charge is -2.19. The molecule has 0 saturated heterocycles. The lowest BCUT2D eigenvalue weighted by atomic mass is 10.2. The highest BCUT2D eigenvalue weighted by Crippen LogP contribution is 2.15. The van der Waals surface area contributed by atoms with Crippen LogP contribution < -0.4 is 4.74 Å². The van der Waals surface area contributed by atoms with Crippen LogP contribution in [-0.4, -0.2) is 23.5 Å². The molecule has 0 aliphatic carbocycles. The minimum atomic E-state index is -0.522. The topological polar surface area (TPSA) is 78.9 Å². The number of hydrogen-bond acceptors (Lipinski definition) is 6. The van der Waals surface area contributed by atoms with Crippen LogP contribution in [-0.2, 0) is 30.5 Å². The Morgan fingerprint density at radius 3 is 2.08 bits per heavy atom. The van der Waals surface area contributed by atoms with Crippen molar-refractivity contribution in [3.05, 3.63) is 29.8 Å². The van der Waals surface area contributed by atoms with Gasteiger partial charge in [-0.15, -0.1) is 0 Å². The Hall–Kier alpha value is -2.37. The Morgan fingerprint density at radius 2 is 1.54 bits per heavy atom. The first-order valence-electron chi connectivity index (χ1n) is 7.80. The molecule has 0 aliphatic rings. The molecule has 24 heavy (non-hydrogen) atoms. The largest absolute Gasteiger partial charge is 0.461 e. The summed E-state index contributed by atoms with van der Waals surface area (Å²) >= 11 is 0. The fraction of sp³-hybridized carbons (Fsp3) is 0.500. The fourth-order valence-electron chi connectivity index (χ4n) is 1.79. The van der Waals surface area contributed by atoms with Gasteiger partial charge in [0.05, 0.1) is 0 Å². The molecule has 1 aromatic rings. The number of ether oxygens (including phenoxy) is 3. The fourth-order valence-corrected chi connectivity index (χ4v) is 1.79. The average Bonchev–Trinajstić information content (AvgIpc) is 2.44. The van der Waals surface area contributed by atoms with E-state index in [-0.39, 0.29) is 31.4 Å². The second-order valence-corrected chi connectivity index (χ2v) is 6.34. The summed E-state index contributed by atoms with van der Waals surface area (Å²) in [7, 11) is 0. The predicted octanol–water partition coefficient (Wildman–Crippen LogP) is 3.17. The van der Waals surface area contributed by atoms with E-state index in [1.54, 1.807) is 45.0 Å². The summed E-state index contributed by atoms with van der Waals surface area (Å²) in [4.78, 5) is 34.0. The van der Waals surface area contributed by atoms with Crippen LogP contribution in [0.5, 0.6) is 5.75 Å². The van der Waals surface area contributed by atoms with Crippen LogP contribution in [0.1, 0.15) is 52.5 Å². The Kier molecular flexibility index (Phi) is 7.42. The molecule has 0 bridgehead atoms. The highest BCUT2D eigenvalue weighted by molar-refractivity contribution is 5.74. The quantitative estimate of drug-likeness (QED) is 0.562. The van der Waals surface area contributed by atoms with Crippen molar-refractivity contribution in [2.24, 2.45) is 0 Å². The van der Waals surface area contributed by atoms with E-state index in [9.17, 15) is 14.4 Å². The molecule has 0 atom stereocenters. The van der Waals surface area contributed by atoms with E-state index in [4.69, 9.17) is 14.2 Å². The maximum atomic E-state index is 11.7. The monoisotopic (exact) mass is 336 g/mol. The van der Waals surface area contributed by atoms with Crippen LogP contribution in [0.4, 0.5) is 0 Å². The smallest absolute Gasteiger partial charge is 0.311 e. The lowest BCUT2D eigenvalue weighted by Crippen LogP contribution is -2.23. The van der Waals surface area contributed by atoms with Crippen LogP contribution in [0.2, 0.25) is 0 Å². The molecule has 0 saturated carbocycles. The number of hydrogen-bond donors (Lipinski definition) is 0. The Balaban J connectivity index is 2.32. The lowest BCUT2D eigenvalue weighted by molar-refractivity contribution is -0.155. The molecule has 0 aromatic heterocycles. The molecular formula is C18H24O6. The van der Waals surface area contributed by atoms with E-state index in [0.717, 1.165) is 5.56 Å². The van der Waals surface area contributed by atoms with E-state index >= 15 is 0 Å². The first-order valence-corrected chi connectivity index (χ1v) is 7.80. The number of carbonyl (C=O) groups is 3. The van der Waals surface area contributed by atoms with E-state index in [2.05, 4.69) is 0 Å². The number of rotatable bonds is 7. The van der Waals surface area contributed by atoms with Gasteiger partial charge < -0.3 is 14.2 Å². The Labute approximate surface area is 142 Å². The minimum absolute atomic E-state index is 0.133. The molecule has 0 radical (unpaired) electrons. The summed E-state index contributed by atoms with van der Waals surface area (Å²) in [5.74, 6) is -0.684. The predicted molar refractivity (Wildman–Crippen MR) is 87.2 cm³/mol. The van der Waals surface area contributed by atoms with E-state index in [1.807, 2.05) is 0 Å². The third-order valence-corrected chi connectivity index (χ3v) is 2.78. The highest BCUT2D eigenvalue weighted by Gasteiger charge is 2.16. The molecule has 1 rings (SSSR count). The van der Waals surface area contributed by atoms with Crippen LogP contribution in [0.3, 0.4) is 0 Å². The third-order valence-electron chi connectivity index (χ3n) is 2.78. The van der Waals surface area contributed by atoms with E-state index in [0.29, 0.717) is 12.2 Å². The SMILES string of the molecule is CC(=O)OCc1ccc(OC(=O)CCCC(=O)OC(C)(C)C)cc1. The minimum Gasteiger partial charge on any atom is -0.461 e. The average molecular weight is 336 g/mol. The molecule has 0 aliphatic heterocycles. The van der Waals surface area contributed by atoms with Gasteiger partial charge >= 0.3 is 17.9 Å². The van der Waals surface area contributed by atoms with Gasteiger partial charge in [-0.3, -0.25) is 14.4 Å². The molecule has 6 nitrogen and oxygen atoms in total. The van der Waals surface area contributed by atoms with Crippen LogP contribution in [0.15, 0.2) is 24.3 Å². The van der Waals surface area contributed by atoms with Gasteiger partial charge in [0.2, 0.25) is 0 Å². The summed E-state index contributed by atoms with van der Waals surface area (Å²) in [6.45, 7) is 6.91. The molecule has 0 spiro atoms. The highest BCUT2D eigenvalue weighted by atomic mass is 16.6. The zero-order chi connectivity index (χ0) is 18.2. The zero-order valence-corrected chi connectivity index (χ0v) is 14.6. The Morgan fingerprint density at radius 1 is 0.958 bits per heavy atom. The van der Waals surface area contributed by atoms with Crippen molar-refractivity contribution in [3.63, 3.8) is 0 Å². The Bertz CT molecular complexity index is 568. The summed E-state index contributed by atoms with van der Waals surface area (Å²) < 4.78 is 15.2. The molecule has 132 valence electrons. The zero-order valence-electron chi connectivity index (χ0n) is 14.6. The maximum Gasteiger partial charge on any atom is 0.311 e. The van der Waals surface area contributed by atoms with Gasteiger partial charge in [0.25, 0.3) is 0 Å². The first-order chi connectivity index (χ1) is 11.2. The van der Waals surface area contributed by atoms with Crippen molar-refractivity contribution in [1.29, 1.82) is 0 Å². The molecular weight excluding hydrogens is 312 g/mol. The number of carbonyl (C=O) groups excluding carboxylic acids is 3. The van der Waals surface area contributed by atoms with Crippen LogP contribution in [0, 0.1) is 0 Å². The van der Waals surface area contributed by atoms with Gasteiger partial charge in [0, 0.05) is 19.8 Å². The van der Waals surface area contributed by atoms with Gasteiger partial charge in [-0.05, 0) is 44.9 Å². The van der Waals surface area contributed by atoms with Crippen molar-refractivity contribution >= 4 is 17.9 Å². The number of esters is 3. The molecule has 0 N–H and O–H groups in total. The van der Waals surface area contributed by atoms with E-state index in [1.165, 1.54) is 6.92 Å². The molecule has 1 aromatic carbocycles. The van der Waals surface area contributed by atoms with Gasteiger partial charge in [-0.2, -0.15) is 0 Å². The second kappa shape index (κ2) is 9.05. The van der Waals surface area contributed by atoms with Crippen molar-refractivity contribution in [1.82, 2.24) is 0 Å². The van der Waals surface area contributed by atoms with E-state index < -0.39 is 11.6 Å². The van der Waals surface area contributed by atoms with Gasteiger partial charge in [-0.1, -0.05) is 12.1 Å². The summed E-state index contributed by atoms with van der Waals surface area (Å²) in [5, 5.41) is 0. The second-order valence-electron chi connectivity index (χ2n) is 6.34. The third kappa shape index (κ3) is 8.92. The van der Waals surface area contributed by atoms with Crippen LogP contribution in [0.25, 0.3) is 0 Å². The number of benzene rings is 1. The van der Waals surface area contributed by atoms with Crippen LogP contribution >= 0.6 is 0 Å². The van der Waals surface area contributed by atoms with Crippen molar-refractivity contribution < 1.29 is 28.6 Å². The summed E-state index contributed by atoms with van der Waals surface area (Å²) in [6.07, 6.45) is 0.681. The maximum absolute atomic E-state index is 11.7. The first kappa shape index (κ1) is 19.7. The van der Waals surface area contributed by atoms with Crippen molar-refractivity contribution in [3.8, 4) is 5.75 Å². The standard InChI is InChI=1S/C18H24O6/c1-13(19)22-12-14-8-10-15(11-9-14)23-16(20)6-5-7-17(21)24-18(2,3)4/h8-11H,5-7,12H2,1-4H3. The molecule has 0 unspecified atom stereocenters. The molecule has 0 amide bonds. The van der Waals surface area contributed by atoms with Gasteiger partial charge in [0.15, 0.2) is 0 Å². The summed E-state index contributed by atoms with van der Waals surface area (Å²) in [6, 6.07) is 6.69. The molecule has 0 heterocycles. The normalized spacial score (nSPS) is 10.8. The molecule has 0 fully saturated rings. The van der Waals surface area contributed by atoms with Crippen molar-refractivity contribution in [2.45, 2.75) is 59.2 Å². The molecule has 6 heteroatoms. The summed E-state index contributed by atoms with van der Waals surface area (Å²) in [5.41, 5.74) is 0.278. The van der Waals surface area contributed by atoms with Crippen molar-refractivity contribution in [2.75, 3.05) is 0 Å². The van der Waals surface area contributed by atoms with Gasteiger partial charge in [0.1, 0.15) is 18.0 Å². The van der Waals surface area contributed by atoms with Gasteiger partial charge in [-0.25, -0.2) is 0 Å².